The highest BCUT2D eigenvalue weighted by atomic mass is 16.5. The summed E-state index contributed by atoms with van der Waals surface area (Å²) in [5.74, 6) is 0.769. The van der Waals surface area contributed by atoms with Crippen LogP contribution in [-0.4, -0.2) is 89.8 Å². The maximum Gasteiger partial charge on any atom is 0.0717 e. The van der Waals surface area contributed by atoms with Gasteiger partial charge in [0.05, 0.1) is 12.7 Å². The van der Waals surface area contributed by atoms with E-state index in [0.29, 0.717) is 18.2 Å². The maximum absolute atomic E-state index is 6.20. The summed E-state index contributed by atoms with van der Waals surface area (Å²) in [5.41, 5.74) is 1.38. The number of morpholine rings is 1. The van der Waals surface area contributed by atoms with Gasteiger partial charge in [-0.1, -0.05) is 6.07 Å². The Morgan fingerprint density at radius 1 is 1.07 bits per heavy atom. The highest BCUT2D eigenvalue weighted by Crippen LogP contribution is 2.26. The Labute approximate surface area is 177 Å². The Morgan fingerprint density at radius 2 is 1.93 bits per heavy atom. The first kappa shape index (κ1) is 21.2. The summed E-state index contributed by atoms with van der Waals surface area (Å²) >= 11 is 0. The van der Waals surface area contributed by atoms with Crippen LogP contribution in [0.2, 0.25) is 0 Å². The van der Waals surface area contributed by atoms with Gasteiger partial charge in [0.15, 0.2) is 0 Å². The zero-order valence-corrected chi connectivity index (χ0v) is 18.7. The van der Waals surface area contributed by atoms with Gasteiger partial charge in [0.2, 0.25) is 0 Å². The Hall–Kier alpha value is -1.01. The van der Waals surface area contributed by atoms with Gasteiger partial charge in [0, 0.05) is 63.2 Å². The lowest BCUT2D eigenvalue weighted by atomic mass is 10.00. The van der Waals surface area contributed by atoms with Gasteiger partial charge in [0.1, 0.15) is 0 Å². The molecule has 0 N–H and O–H groups in total. The zero-order chi connectivity index (χ0) is 20.2. The minimum Gasteiger partial charge on any atom is -0.375 e. The van der Waals surface area contributed by atoms with Crippen molar-refractivity contribution in [2.45, 2.75) is 70.7 Å². The first-order chi connectivity index (χ1) is 14.1. The molecule has 4 atom stereocenters. The fourth-order valence-corrected chi connectivity index (χ4v) is 5.56. The van der Waals surface area contributed by atoms with Gasteiger partial charge < -0.3 is 9.64 Å². The molecule has 1 aromatic rings. The first-order valence-electron chi connectivity index (χ1n) is 11.8. The minimum atomic E-state index is 0.393. The predicted molar refractivity (Wildman–Crippen MR) is 118 cm³/mol. The summed E-state index contributed by atoms with van der Waals surface area (Å²) in [7, 11) is 0. The van der Waals surface area contributed by atoms with E-state index in [0.717, 1.165) is 38.1 Å². The number of nitrogens with zero attached hydrogens (tertiary/aromatic N) is 4. The molecule has 0 saturated carbocycles. The number of aromatic nitrogens is 1. The first-order valence-corrected chi connectivity index (χ1v) is 11.8. The molecule has 3 saturated heterocycles. The highest BCUT2D eigenvalue weighted by Gasteiger charge is 2.34. The standard InChI is InChI=1S/C24H40N4O/c1-19(2)26-10-7-23(17-26)28-11-12-29-24(18-28)13-20(3)27-9-6-22(16-27)14-21-5-4-8-25-15-21/h4-5,8,15,19-20,22-24H,6-7,9-14,16-18H2,1-3H3. The summed E-state index contributed by atoms with van der Waals surface area (Å²) in [6.45, 7) is 15.1. The Balaban J connectivity index is 1.23. The van der Waals surface area contributed by atoms with E-state index < -0.39 is 0 Å². The van der Waals surface area contributed by atoms with Gasteiger partial charge in [-0.05, 0) is 70.5 Å². The number of hydrogen-bond donors (Lipinski definition) is 0. The van der Waals surface area contributed by atoms with E-state index in [1.54, 1.807) is 0 Å². The lowest BCUT2D eigenvalue weighted by Crippen LogP contribution is -2.50. The van der Waals surface area contributed by atoms with Crippen LogP contribution >= 0.6 is 0 Å². The molecular formula is C24H40N4O. The van der Waals surface area contributed by atoms with Crippen LogP contribution in [0.25, 0.3) is 0 Å². The molecule has 0 bridgehead atoms. The van der Waals surface area contributed by atoms with Crippen LogP contribution in [-0.2, 0) is 11.2 Å². The molecule has 4 rings (SSSR count). The molecule has 0 radical (unpaired) electrons. The third-order valence-electron chi connectivity index (χ3n) is 7.40. The average Bonchev–Trinajstić information content (AvgIpc) is 3.39. The van der Waals surface area contributed by atoms with Crippen molar-refractivity contribution in [2.24, 2.45) is 5.92 Å². The molecule has 162 valence electrons. The molecule has 4 heterocycles. The molecule has 0 aromatic carbocycles. The van der Waals surface area contributed by atoms with E-state index in [2.05, 4.69) is 52.6 Å². The number of pyridine rings is 1. The SMILES string of the molecule is CC(C)N1CCC(N2CCOC(CC(C)N3CCC(Cc4cccnc4)C3)C2)C1. The molecule has 3 fully saturated rings. The van der Waals surface area contributed by atoms with Crippen molar-refractivity contribution in [3.63, 3.8) is 0 Å². The Kier molecular flexibility index (Phi) is 7.22. The topological polar surface area (TPSA) is 31.8 Å². The van der Waals surface area contributed by atoms with Crippen LogP contribution in [0.1, 0.15) is 45.6 Å². The van der Waals surface area contributed by atoms with Gasteiger partial charge in [-0.2, -0.15) is 0 Å². The fourth-order valence-electron chi connectivity index (χ4n) is 5.56. The second-order valence-corrected chi connectivity index (χ2v) is 9.82. The van der Waals surface area contributed by atoms with E-state index >= 15 is 0 Å². The van der Waals surface area contributed by atoms with Gasteiger partial charge in [-0.25, -0.2) is 0 Å². The van der Waals surface area contributed by atoms with Crippen LogP contribution in [0.4, 0.5) is 0 Å². The van der Waals surface area contributed by atoms with Crippen LogP contribution in [0, 0.1) is 5.92 Å². The largest absolute Gasteiger partial charge is 0.375 e. The zero-order valence-electron chi connectivity index (χ0n) is 18.7. The van der Waals surface area contributed by atoms with Gasteiger partial charge in [0.25, 0.3) is 0 Å². The fraction of sp³-hybridized carbons (Fsp3) is 0.792. The predicted octanol–water partition coefficient (Wildman–Crippen LogP) is 2.91. The van der Waals surface area contributed by atoms with Gasteiger partial charge in [-0.3, -0.25) is 14.8 Å². The second-order valence-electron chi connectivity index (χ2n) is 9.82. The van der Waals surface area contributed by atoms with Crippen LogP contribution < -0.4 is 0 Å². The van der Waals surface area contributed by atoms with E-state index in [-0.39, 0.29) is 0 Å². The van der Waals surface area contributed by atoms with Crippen LogP contribution in [0.15, 0.2) is 24.5 Å². The van der Waals surface area contributed by atoms with Crippen molar-refractivity contribution < 1.29 is 4.74 Å². The molecular weight excluding hydrogens is 360 g/mol. The number of ether oxygens (including phenoxy) is 1. The van der Waals surface area contributed by atoms with Crippen molar-refractivity contribution in [3.05, 3.63) is 30.1 Å². The molecule has 3 aliphatic rings. The quantitative estimate of drug-likeness (QED) is 0.703. The van der Waals surface area contributed by atoms with Gasteiger partial charge >= 0.3 is 0 Å². The van der Waals surface area contributed by atoms with Crippen molar-refractivity contribution in [1.82, 2.24) is 19.7 Å². The third-order valence-corrected chi connectivity index (χ3v) is 7.40. The lowest BCUT2D eigenvalue weighted by Gasteiger charge is -2.39. The van der Waals surface area contributed by atoms with Crippen molar-refractivity contribution in [1.29, 1.82) is 0 Å². The van der Waals surface area contributed by atoms with E-state index in [9.17, 15) is 0 Å². The number of likely N-dealkylation sites (tertiary alicyclic amines) is 2. The molecule has 29 heavy (non-hydrogen) atoms. The maximum atomic E-state index is 6.20. The van der Waals surface area contributed by atoms with Crippen LogP contribution in [0.5, 0.6) is 0 Å². The molecule has 0 spiro atoms. The van der Waals surface area contributed by atoms with Gasteiger partial charge in [-0.15, -0.1) is 0 Å². The van der Waals surface area contributed by atoms with E-state index in [1.165, 1.54) is 51.0 Å². The molecule has 5 heteroatoms. The van der Waals surface area contributed by atoms with Crippen molar-refractivity contribution in [2.75, 3.05) is 45.9 Å². The summed E-state index contributed by atoms with van der Waals surface area (Å²) in [6, 6.07) is 6.28. The molecule has 1 aromatic heterocycles. The summed E-state index contributed by atoms with van der Waals surface area (Å²) in [5, 5.41) is 0. The van der Waals surface area contributed by atoms with Crippen molar-refractivity contribution in [3.8, 4) is 0 Å². The normalized spacial score (nSPS) is 31.0. The monoisotopic (exact) mass is 400 g/mol. The van der Waals surface area contributed by atoms with Crippen LogP contribution in [0.3, 0.4) is 0 Å². The third kappa shape index (κ3) is 5.57. The van der Waals surface area contributed by atoms with E-state index in [1.807, 2.05) is 12.4 Å². The lowest BCUT2D eigenvalue weighted by molar-refractivity contribution is -0.0536. The molecule has 4 unspecified atom stereocenters. The summed E-state index contributed by atoms with van der Waals surface area (Å²) in [6.07, 6.45) is 9.25. The molecule has 5 nitrogen and oxygen atoms in total. The second kappa shape index (κ2) is 9.86. The minimum absolute atomic E-state index is 0.393. The number of hydrogen-bond acceptors (Lipinski definition) is 5. The highest BCUT2D eigenvalue weighted by molar-refractivity contribution is 5.10. The Morgan fingerprint density at radius 3 is 2.69 bits per heavy atom. The average molecular weight is 401 g/mol. The van der Waals surface area contributed by atoms with E-state index in [4.69, 9.17) is 4.74 Å². The summed E-state index contributed by atoms with van der Waals surface area (Å²) in [4.78, 5) is 12.3. The molecule has 0 aliphatic carbocycles. The molecule has 0 amide bonds. The number of rotatable bonds is 7. The molecule has 3 aliphatic heterocycles. The summed E-state index contributed by atoms with van der Waals surface area (Å²) < 4.78 is 6.20. The van der Waals surface area contributed by atoms with Crippen molar-refractivity contribution >= 4 is 0 Å². The Bertz CT molecular complexity index is 625. The smallest absolute Gasteiger partial charge is 0.0717 e.